The van der Waals surface area contributed by atoms with Crippen LogP contribution in [0.5, 0.6) is 11.5 Å². The van der Waals surface area contributed by atoms with Gasteiger partial charge >= 0.3 is 0 Å². The van der Waals surface area contributed by atoms with Gasteiger partial charge in [0.05, 0.1) is 24.2 Å². The number of methoxy groups -OCH3 is 1. The van der Waals surface area contributed by atoms with Crippen molar-refractivity contribution in [1.82, 2.24) is 10.2 Å². The lowest BCUT2D eigenvalue weighted by atomic mass is 9.86. The zero-order valence-electron chi connectivity index (χ0n) is 18.1. The number of rotatable bonds is 8. The van der Waals surface area contributed by atoms with Crippen molar-refractivity contribution in [1.29, 1.82) is 0 Å². The molecule has 6 nitrogen and oxygen atoms in total. The summed E-state index contributed by atoms with van der Waals surface area (Å²) in [6, 6.07) is 12.9. The summed E-state index contributed by atoms with van der Waals surface area (Å²) < 4.78 is 11.6. The molecule has 0 unspecified atom stereocenters. The van der Waals surface area contributed by atoms with Crippen LogP contribution in [0.3, 0.4) is 0 Å². The molecule has 0 radical (unpaired) electrons. The summed E-state index contributed by atoms with van der Waals surface area (Å²) >= 11 is 0. The van der Waals surface area contributed by atoms with E-state index in [1.54, 1.807) is 12.1 Å². The fraction of sp³-hybridized carbons (Fsp3) is 0.417. The van der Waals surface area contributed by atoms with Gasteiger partial charge in [0.15, 0.2) is 5.78 Å². The maximum absolute atomic E-state index is 13.2. The summed E-state index contributed by atoms with van der Waals surface area (Å²) in [4.78, 5) is 28.4. The SMILES string of the molecule is CCN(CC)CCNC(=O)c1cc(OC)cc2c1O[C@@H](c1ccccc1)[C@@H](C)C2=O. The van der Waals surface area contributed by atoms with E-state index < -0.39 is 6.10 Å². The molecular weight excluding hydrogens is 380 g/mol. The number of carbonyl (C=O) groups is 2. The second-order valence-corrected chi connectivity index (χ2v) is 7.44. The van der Waals surface area contributed by atoms with E-state index in [9.17, 15) is 9.59 Å². The van der Waals surface area contributed by atoms with Gasteiger partial charge in [-0.1, -0.05) is 51.1 Å². The van der Waals surface area contributed by atoms with E-state index in [2.05, 4.69) is 24.1 Å². The number of carbonyl (C=O) groups excluding carboxylic acids is 2. The molecule has 1 aliphatic heterocycles. The van der Waals surface area contributed by atoms with Crippen LogP contribution < -0.4 is 14.8 Å². The average molecular weight is 411 g/mol. The van der Waals surface area contributed by atoms with Crippen molar-refractivity contribution in [3.63, 3.8) is 0 Å². The summed E-state index contributed by atoms with van der Waals surface area (Å²) in [6.45, 7) is 9.16. The molecule has 160 valence electrons. The van der Waals surface area contributed by atoms with Crippen LogP contribution >= 0.6 is 0 Å². The van der Waals surface area contributed by atoms with Gasteiger partial charge in [-0.25, -0.2) is 0 Å². The van der Waals surface area contributed by atoms with Gasteiger partial charge in [-0.15, -0.1) is 0 Å². The molecule has 30 heavy (non-hydrogen) atoms. The third kappa shape index (κ3) is 4.49. The van der Waals surface area contributed by atoms with Gasteiger partial charge in [0.2, 0.25) is 0 Å². The quantitative estimate of drug-likeness (QED) is 0.718. The number of nitrogens with zero attached hydrogens (tertiary/aromatic N) is 1. The van der Waals surface area contributed by atoms with Crippen molar-refractivity contribution in [3.8, 4) is 11.5 Å². The highest BCUT2D eigenvalue weighted by atomic mass is 16.5. The number of hydrogen-bond donors (Lipinski definition) is 1. The number of ether oxygens (including phenoxy) is 2. The van der Waals surface area contributed by atoms with Gasteiger partial charge in [-0.2, -0.15) is 0 Å². The number of nitrogens with one attached hydrogen (secondary N) is 1. The van der Waals surface area contributed by atoms with E-state index in [0.29, 0.717) is 29.2 Å². The molecule has 1 amide bonds. The van der Waals surface area contributed by atoms with Crippen molar-refractivity contribution in [2.24, 2.45) is 5.92 Å². The Labute approximate surface area is 178 Å². The minimum Gasteiger partial charge on any atom is -0.497 e. The molecule has 0 bridgehead atoms. The molecule has 0 saturated carbocycles. The number of Topliss-reactive ketones (excluding diaryl/α,β-unsaturated/α-hetero) is 1. The molecule has 2 aromatic rings. The number of hydrogen-bond acceptors (Lipinski definition) is 5. The summed E-state index contributed by atoms with van der Waals surface area (Å²) in [7, 11) is 1.52. The smallest absolute Gasteiger partial charge is 0.255 e. The number of benzene rings is 2. The van der Waals surface area contributed by atoms with Gasteiger partial charge in [-0.3, -0.25) is 9.59 Å². The zero-order valence-corrected chi connectivity index (χ0v) is 18.1. The lowest BCUT2D eigenvalue weighted by Gasteiger charge is -2.32. The van der Waals surface area contributed by atoms with Crippen LogP contribution in [0.25, 0.3) is 0 Å². The van der Waals surface area contributed by atoms with E-state index in [0.717, 1.165) is 25.2 Å². The Hall–Kier alpha value is -2.86. The van der Waals surface area contributed by atoms with Crippen LogP contribution in [0.2, 0.25) is 0 Å². The highest BCUT2D eigenvalue weighted by Gasteiger charge is 2.37. The van der Waals surface area contributed by atoms with Crippen molar-refractivity contribution in [2.75, 3.05) is 33.3 Å². The van der Waals surface area contributed by atoms with Crippen LogP contribution in [0.1, 0.15) is 53.2 Å². The predicted molar refractivity (Wildman–Crippen MR) is 116 cm³/mol. The predicted octanol–water partition coefficient (Wildman–Crippen LogP) is 3.72. The van der Waals surface area contributed by atoms with Crippen LogP contribution in [-0.2, 0) is 0 Å². The van der Waals surface area contributed by atoms with Gasteiger partial charge in [-0.05, 0) is 30.8 Å². The number of likely N-dealkylation sites (N-methyl/N-ethyl adjacent to an activating group) is 1. The molecule has 0 saturated heterocycles. The number of amides is 1. The third-order valence-electron chi connectivity index (χ3n) is 5.66. The molecule has 3 rings (SSSR count). The van der Waals surface area contributed by atoms with Crippen molar-refractivity contribution >= 4 is 11.7 Å². The molecule has 1 N–H and O–H groups in total. The van der Waals surface area contributed by atoms with Crippen molar-refractivity contribution in [2.45, 2.75) is 26.9 Å². The van der Waals surface area contributed by atoms with Crippen LogP contribution in [-0.4, -0.2) is 49.9 Å². The van der Waals surface area contributed by atoms with Gasteiger partial charge in [0.25, 0.3) is 5.91 Å². The Balaban J connectivity index is 1.92. The highest BCUT2D eigenvalue weighted by molar-refractivity contribution is 6.07. The Morgan fingerprint density at radius 1 is 1.17 bits per heavy atom. The first-order valence-electron chi connectivity index (χ1n) is 10.5. The molecular formula is C24H30N2O4. The first-order chi connectivity index (χ1) is 14.5. The summed E-state index contributed by atoms with van der Waals surface area (Å²) in [5, 5.41) is 2.95. The minimum absolute atomic E-state index is 0.0544. The largest absolute Gasteiger partial charge is 0.497 e. The monoisotopic (exact) mass is 410 g/mol. The van der Waals surface area contributed by atoms with E-state index in [1.165, 1.54) is 7.11 Å². The van der Waals surface area contributed by atoms with Crippen LogP contribution in [0, 0.1) is 5.92 Å². The molecule has 6 heteroatoms. The normalized spacial score (nSPS) is 18.0. The maximum Gasteiger partial charge on any atom is 0.255 e. The first-order valence-corrected chi connectivity index (χ1v) is 10.5. The van der Waals surface area contributed by atoms with Gasteiger partial charge in [0.1, 0.15) is 17.6 Å². The molecule has 0 fully saturated rings. The summed E-state index contributed by atoms with van der Waals surface area (Å²) in [6.07, 6.45) is -0.443. The molecule has 0 aromatic heterocycles. The van der Waals surface area contributed by atoms with E-state index in [-0.39, 0.29) is 17.6 Å². The second-order valence-electron chi connectivity index (χ2n) is 7.44. The van der Waals surface area contributed by atoms with E-state index in [4.69, 9.17) is 9.47 Å². The molecule has 2 atom stereocenters. The standard InChI is InChI=1S/C24H30N2O4/c1-5-26(6-2)13-12-25-24(28)20-15-18(29-4)14-19-21(27)16(3)22(30-23(19)20)17-10-8-7-9-11-17/h7-11,14-16,22H,5-6,12-13H2,1-4H3,(H,25,28)/t16-,22+/m0/s1. The van der Waals surface area contributed by atoms with Crippen LogP contribution in [0.15, 0.2) is 42.5 Å². The third-order valence-corrected chi connectivity index (χ3v) is 5.66. The number of fused-ring (bicyclic) bond motifs is 1. The second kappa shape index (κ2) is 9.76. The molecule has 0 spiro atoms. The molecule has 0 aliphatic carbocycles. The highest BCUT2D eigenvalue weighted by Crippen LogP contribution is 2.42. The topological polar surface area (TPSA) is 67.9 Å². The fourth-order valence-electron chi connectivity index (χ4n) is 3.77. The Bertz CT molecular complexity index is 894. The van der Waals surface area contributed by atoms with Crippen molar-refractivity contribution in [3.05, 3.63) is 59.2 Å². The lowest BCUT2D eigenvalue weighted by Crippen LogP contribution is -2.36. The first kappa shape index (κ1) is 21.8. The summed E-state index contributed by atoms with van der Waals surface area (Å²) in [5.41, 5.74) is 1.63. The number of ketones is 1. The van der Waals surface area contributed by atoms with Crippen molar-refractivity contribution < 1.29 is 19.1 Å². The Kier molecular flexibility index (Phi) is 7.11. The zero-order chi connectivity index (χ0) is 21.7. The maximum atomic E-state index is 13.2. The summed E-state index contributed by atoms with van der Waals surface area (Å²) in [5.74, 6) is 0.0938. The van der Waals surface area contributed by atoms with Gasteiger partial charge in [0, 0.05) is 13.1 Å². The van der Waals surface area contributed by atoms with Gasteiger partial charge < -0.3 is 19.7 Å². The van der Waals surface area contributed by atoms with Crippen LogP contribution in [0.4, 0.5) is 0 Å². The Morgan fingerprint density at radius 2 is 1.87 bits per heavy atom. The Morgan fingerprint density at radius 3 is 2.50 bits per heavy atom. The van der Waals surface area contributed by atoms with E-state index >= 15 is 0 Å². The molecule has 1 heterocycles. The fourth-order valence-corrected chi connectivity index (χ4v) is 3.77. The molecule has 2 aromatic carbocycles. The molecule has 1 aliphatic rings. The minimum atomic E-state index is -0.443. The average Bonchev–Trinajstić information content (AvgIpc) is 2.78. The lowest BCUT2D eigenvalue weighted by molar-refractivity contribution is 0.0682. The van der Waals surface area contributed by atoms with E-state index in [1.807, 2.05) is 37.3 Å².